The quantitative estimate of drug-likeness (QED) is 0.192. The van der Waals surface area contributed by atoms with Crippen LogP contribution in [-0.4, -0.2) is 76.7 Å². The summed E-state index contributed by atoms with van der Waals surface area (Å²) >= 11 is 1.49. The van der Waals surface area contributed by atoms with Gasteiger partial charge in [0.25, 0.3) is 0 Å². The summed E-state index contributed by atoms with van der Waals surface area (Å²) in [4.78, 5) is 49.3. The number of nitrogens with two attached hydrogens (primary N) is 1. The van der Waals surface area contributed by atoms with Crippen molar-refractivity contribution in [1.82, 2.24) is 16.0 Å². The average molecular weight is 463 g/mol. The molecule has 0 spiro atoms. The number of thioether (sulfide) groups is 1. The van der Waals surface area contributed by atoms with Gasteiger partial charge in [-0.2, -0.15) is 11.8 Å². The fourth-order valence-corrected chi connectivity index (χ4v) is 3.25. The van der Waals surface area contributed by atoms with Gasteiger partial charge in [-0.25, -0.2) is 4.79 Å². The number of hydrogen-bond acceptors (Lipinski definition) is 7. The minimum absolute atomic E-state index is 0.0463. The fourth-order valence-electron chi connectivity index (χ4n) is 2.78. The van der Waals surface area contributed by atoms with Crippen LogP contribution in [0.3, 0.4) is 0 Å². The summed E-state index contributed by atoms with van der Waals surface area (Å²) in [5.41, 5.74) is 5.51. The van der Waals surface area contributed by atoms with Crippen molar-refractivity contribution in [1.29, 1.82) is 0 Å². The van der Waals surface area contributed by atoms with Gasteiger partial charge >= 0.3 is 5.97 Å². The second-order valence-corrected chi connectivity index (χ2v) is 9.02. The molecule has 0 aromatic rings. The molecule has 0 aliphatic carbocycles. The number of nitrogens with one attached hydrogen (secondary N) is 3. The Morgan fingerprint density at radius 3 is 1.97 bits per heavy atom. The third-order valence-corrected chi connectivity index (χ3v) is 5.54. The first-order valence-corrected chi connectivity index (χ1v) is 11.9. The summed E-state index contributed by atoms with van der Waals surface area (Å²) in [6.45, 7) is 6.75. The highest BCUT2D eigenvalue weighted by Gasteiger charge is 2.32. The average Bonchev–Trinajstić information content (AvgIpc) is 2.71. The van der Waals surface area contributed by atoms with Crippen LogP contribution in [0.1, 0.15) is 47.0 Å². The van der Waals surface area contributed by atoms with Crippen LogP contribution in [0.15, 0.2) is 0 Å². The predicted molar refractivity (Wildman–Crippen MR) is 120 cm³/mol. The van der Waals surface area contributed by atoms with E-state index >= 15 is 0 Å². The van der Waals surface area contributed by atoms with Crippen LogP contribution in [0.2, 0.25) is 0 Å². The molecule has 11 heteroatoms. The molecular formula is C20H38N4O6S. The Morgan fingerprint density at radius 2 is 1.52 bits per heavy atom. The van der Waals surface area contributed by atoms with Gasteiger partial charge in [0.1, 0.15) is 24.2 Å². The van der Waals surface area contributed by atoms with Crippen molar-refractivity contribution < 1.29 is 29.4 Å². The van der Waals surface area contributed by atoms with E-state index in [0.29, 0.717) is 25.0 Å². The Bertz CT molecular complexity index is 604. The van der Waals surface area contributed by atoms with Crippen LogP contribution in [0.5, 0.6) is 0 Å². The van der Waals surface area contributed by atoms with Crippen molar-refractivity contribution in [2.24, 2.45) is 17.6 Å². The molecule has 0 aliphatic rings. The summed E-state index contributed by atoms with van der Waals surface area (Å²) in [6.07, 6.45) is 3.01. The van der Waals surface area contributed by atoms with E-state index in [9.17, 15) is 24.3 Å². The lowest BCUT2D eigenvalue weighted by molar-refractivity contribution is -0.144. The molecule has 7 N–H and O–H groups in total. The maximum Gasteiger partial charge on any atom is 0.326 e. The SMILES string of the molecule is CCC(C)C(NC(=O)C(CC(C)C)NC(=O)C(CCSC)NC(=O)C(N)CO)C(=O)O. The Labute approximate surface area is 188 Å². The number of amides is 3. The van der Waals surface area contributed by atoms with E-state index in [1.807, 2.05) is 27.0 Å². The summed E-state index contributed by atoms with van der Waals surface area (Å²) in [5.74, 6) is -2.63. The summed E-state index contributed by atoms with van der Waals surface area (Å²) in [7, 11) is 0. The molecule has 180 valence electrons. The molecule has 0 fully saturated rings. The molecule has 5 atom stereocenters. The Kier molecular flexibility index (Phi) is 14.1. The van der Waals surface area contributed by atoms with E-state index in [4.69, 9.17) is 10.8 Å². The van der Waals surface area contributed by atoms with Gasteiger partial charge in [-0.15, -0.1) is 0 Å². The van der Waals surface area contributed by atoms with Crippen molar-refractivity contribution in [2.75, 3.05) is 18.6 Å². The third kappa shape index (κ3) is 10.8. The van der Waals surface area contributed by atoms with Crippen molar-refractivity contribution >= 4 is 35.5 Å². The van der Waals surface area contributed by atoms with E-state index in [-0.39, 0.29) is 11.8 Å². The molecule has 0 rings (SSSR count). The Hall–Kier alpha value is -1.85. The van der Waals surface area contributed by atoms with Crippen LogP contribution >= 0.6 is 11.8 Å². The maximum absolute atomic E-state index is 12.9. The first kappa shape index (κ1) is 29.1. The molecule has 0 aromatic heterocycles. The van der Waals surface area contributed by atoms with Crippen LogP contribution in [0, 0.1) is 11.8 Å². The van der Waals surface area contributed by atoms with Crippen LogP contribution in [0.4, 0.5) is 0 Å². The lowest BCUT2D eigenvalue weighted by Crippen LogP contribution is -2.58. The van der Waals surface area contributed by atoms with Gasteiger partial charge in [-0.3, -0.25) is 14.4 Å². The van der Waals surface area contributed by atoms with Crippen LogP contribution < -0.4 is 21.7 Å². The van der Waals surface area contributed by atoms with E-state index < -0.39 is 54.5 Å². The van der Waals surface area contributed by atoms with Crippen molar-refractivity contribution in [3.63, 3.8) is 0 Å². The molecule has 0 aromatic carbocycles. The van der Waals surface area contributed by atoms with E-state index in [0.717, 1.165) is 0 Å². The van der Waals surface area contributed by atoms with Gasteiger partial charge in [0, 0.05) is 0 Å². The van der Waals surface area contributed by atoms with E-state index in [2.05, 4.69) is 16.0 Å². The summed E-state index contributed by atoms with van der Waals surface area (Å²) in [6, 6.07) is -4.13. The molecule has 31 heavy (non-hydrogen) atoms. The van der Waals surface area contributed by atoms with Gasteiger partial charge < -0.3 is 31.9 Å². The first-order chi connectivity index (χ1) is 14.5. The highest BCUT2D eigenvalue weighted by molar-refractivity contribution is 7.98. The highest BCUT2D eigenvalue weighted by atomic mass is 32.2. The molecule has 3 amide bonds. The highest BCUT2D eigenvalue weighted by Crippen LogP contribution is 2.11. The Morgan fingerprint density at radius 1 is 0.968 bits per heavy atom. The zero-order chi connectivity index (χ0) is 24.1. The second-order valence-electron chi connectivity index (χ2n) is 8.03. The number of carboxylic acid groups (broad SMARTS) is 1. The number of aliphatic carboxylic acids is 1. The number of carbonyl (C=O) groups excluding carboxylic acids is 3. The normalized spacial score (nSPS) is 16.0. The smallest absolute Gasteiger partial charge is 0.326 e. The molecular weight excluding hydrogens is 424 g/mol. The number of carbonyl (C=O) groups is 4. The summed E-state index contributed by atoms with van der Waals surface area (Å²) < 4.78 is 0. The first-order valence-electron chi connectivity index (χ1n) is 10.5. The predicted octanol–water partition coefficient (Wildman–Crippen LogP) is -0.310. The number of rotatable bonds is 15. The van der Waals surface area contributed by atoms with Crippen molar-refractivity contribution in [2.45, 2.75) is 71.1 Å². The number of hydrogen-bond donors (Lipinski definition) is 6. The molecule has 0 saturated carbocycles. The monoisotopic (exact) mass is 462 g/mol. The fraction of sp³-hybridized carbons (Fsp3) is 0.800. The van der Waals surface area contributed by atoms with Gasteiger partial charge in [-0.1, -0.05) is 34.1 Å². The number of aliphatic hydroxyl groups is 1. The zero-order valence-electron chi connectivity index (χ0n) is 19.0. The molecule has 0 aliphatic heterocycles. The molecule has 10 nitrogen and oxygen atoms in total. The molecule has 0 heterocycles. The topological polar surface area (TPSA) is 171 Å². The Balaban J connectivity index is 5.46. The van der Waals surface area contributed by atoms with Gasteiger partial charge in [0.05, 0.1) is 6.61 Å². The van der Waals surface area contributed by atoms with Crippen molar-refractivity contribution in [3.05, 3.63) is 0 Å². The standard InChI is InChI=1S/C20H38N4O6S/c1-6-12(4)16(20(29)30)24-19(28)15(9-11(2)3)23-18(27)14(7-8-31-5)22-17(26)13(21)10-25/h11-16,25H,6-10,21H2,1-5H3,(H,22,26)(H,23,27)(H,24,28)(H,29,30). The zero-order valence-corrected chi connectivity index (χ0v) is 19.8. The number of aliphatic hydroxyl groups excluding tert-OH is 1. The third-order valence-electron chi connectivity index (χ3n) is 4.89. The second kappa shape index (κ2) is 15.0. The molecule has 5 unspecified atom stereocenters. The molecule has 0 radical (unpaired) electrons. The summed E-state index contributed by atoms with van der Waals surface area (Å²) in [5, 5.41) is 26.2. The minimum Gasteiger partial charge on any atom is -0.480 e. The van der Waals surface area contributed by atoms with E-state index in [1.54, 1.807) is 6.92 Å². The van der Waals surface area contributed by atoms with Gasteiger partial charge in [0.2, 0.25) is 17.7 Å². The molecule has 0 saturated heterocycles. The molecule has 0 bridgehead atoms. The minimum atomic E-state index is -1.16. The maximum atomic E-state index is 12.9. The number of carboxylic acids is 1. The van der Waals surface area contributed by atoms with Crippen LogP contribution in [0.25, 0.3) is 0 Å². The van der Waals surface area contributed by atoms with Gasteiger partial charge in [-0.05, 0) is 36.7 Å². The lowest BCUT2D eigenvalue weighted by atomic mass is 9.97. The van der Waals surface area contributed by atoms with E-state index in [1.165, 1.54) is 11.8 Å². The largest absolute Gasteiger partial charge is 0.480 e. The van der Waals surface area contributed by atoms with Crippen LogP contribution in [-0.2, 0) is 19.2 Å². The lowest BCUT2D eigenvalue weighted by Gasteiger charge is -2.27. The van der Waals surface area contributed by atoms with Gasteiger partial charge in [0.15, 0.2) is 0 Å². The van der Waals surface area contributed by atoms with Crippen molar-refractivity contribution in [3.8, 4) is 0 Å².